The van der Waals surface area contributed by atoms with Crippen LogP contribution >= 0.6 is 0 Å². The van der Waals surface area contributed by atoms with Gasteiger partial charge in [0.25, 0.3) is 0 Å². The normalized spacial score (nSPS) is 16.3. The molecule has 2 rings (SSSR count). The zero-order chi connectivity index (χ0) is 13.5. The van der Waals surface area contributed by atoms with Crippen molar-refractivity contribution in [2.75, 3.05) is 13.2 Å². The lowest BCUT2D eigenvalue weighted by Crippen LogP contribution is -2.16. The molecule has 0 unspecified atom stereocenters. The van der Waals surface area contributed by atoms with Crippen molar-refractivity contribution in [3.05, 3.63) is 35.4 Å². The quantitative estimate of drug-likeness (QED) is 0.829. The fourth-order valence-corrected chi connectivity index (χ4v) is 2.60. The van der Waals surface area contributed by atoms with Gasteiger partial charge in [-0.15, -0.1) is 0 Å². The second-order valence-electron chi connectivity index (χ2n) is 5.34. The van der Waals surface area contributed by atoms with Gasteiger partial charge in [-0.05, 0) is 49.4 Å². The number of hydrogen-bond acceptors (Lipinski definition) is 3. The highest BCUT2D eigenvalue weighted by Gasteiger charge is 2.16. The zero-order valence-electron chi connectivity index (χ0n) is 11.4. The number of ether oxygens (including phenoxy) is 1. The Labute approximate surface area is 115 Å². The lowest BCUT2D eigenvalue weighted by Gasteiger charge is -2.21. The Morgan fingerprint density at radius 3 is 2.47 bits per heavy atom. The molecule has 104 valence electrons. The molecule has 19 heavy (non-hydrogen) atoms. The second kappa shape index (κ2) is 7.29. The summed E-state index contributed by atoms with van der Waals surface area (Å²) in [5, 5.41) is 0. The third-order valence-corrected chi connectivity index (χ3v) is 3.80. The number of carbonyl (C=O) groups is 1. The van der Waals surface area contributed by atoms with Crippen molar-refractivity contribution in [2.24, 2.45) is 11.7 Å². The van der Waals surface area contributed by atoms with Gasteiger partial charge in [-0.25, -0.2) is 4.79 Å². The monoisotopic (exact) mass is 261 g/mol. The van der Waals surface area contributed by atoms with Crippen LogP contribution in [0, 0.1) is 5.92 Å². The van der Waals surface area contributed by atoms with E-state index in [1.54, 1.807) is 0 Å². The van der Waals surface area contributed by atoms with Gasteiger partial charge in [0, 0.05) is 0 Å². The van der Waals surface area contributed by atoms with E-state index in [2.05, 4.69) is 0 Å². The number of benzene rings is 1. The van der Waals surface area contributed by atoms with E-state index in [9.17, 15) is 4.79 Å². The Morgan fingerprint density at radius 2 is 1.84 bits per heavy atom. The van der Waals surface area contributed by atoms with Gasteiger partial charge in [0.1, 0.15) is 0 Å². The molecule has 1 aromatic rings. The van der Waals surface area contributed by atoms with E-state index >= 15 is 0 Å². The van der Waals surface area contributed by atoms with Crippen LogP contribution in [0.1, 0.15) is 48.0 Å². The Hall–Kier alpha value is -1.35. The minimum atomic E-state index is -0.204. The standard InChI is InChI=1S/C16H23NO2/c17-11-10-13-6-8-15(9-7-13)16(18)19-12-14-4-2-1-3-5-14/h6-9,14H,1-5,10-12,17H2. The van der Waals surface area contributed by atoms with Gasteiger partial charge < -0.3 is 10.5 Å². The first kappa shape index (κ1) is 14.1. The van der Waals surface area contributed by atoms with E-state index < -0.39 is 0 Å². The Balaban J connectivity index is 1.81. The van der Waals surface area contributed by atoms with Crippen LogP contribution in [0.3, 0.4) is 0 Å². The lowest BCUT2D eigenvalue weighted by atomic mass is 9.90. The molecule has 0 spiro atoms. The molecule has 1 fully saturated rings. The lowest BCUT2D eigenvalue weighted by molar-refractivity contribution is 0.0410. The maximum Gasteiger partial charge on any atom is 0.338 e. The molecule has 0 aliphatic heterocycles. The van der Waals surface area contributed by atoms with Gasteiger partial charge in [-0.1, -0.05) is 31.4 Å². The Kier molecular flexibility index (Phi) is 5.40. The largest absolute Gasteiger partial charge is 0.462 e. The van der Waals surface area contributed by atoms with Crippen LogP contribution in [-0.2, 0) is 11.2 Å². The average Bonchev–Trinajstić information content (AvgIpc) is 2.47. The van der Waals surface area contributed by atoms with Crippen LogP contribution in [0.15, 0.2) is 24.3 Å². The van der Waals surface area contributed by atoms with Gasteiger partial charge in [0.2, 0.25) is 0 Å². The molecule has 0 heterocycles. The highest BCUT2D eigenvalue weighted by Crippen LogP contribution is 2.24. The maximum atomic E-state index is 11.9. The predicted octanol–water partition coefficient (Wildman–Crippen LogP) is 2.92. The second-order valence-corrected chi connectivity index (χ2v) is 5.34. The third kappa shape index (κ3) is 4.35. The number of carbonyl (C=O) groups excluding carboxylic acids is 1. The van der Waals surface area contributed by atoms with E-state index in [-0.39, 0.29) is 5.97 Å². The van der Waals surface area contributed by atoms with Crippen molar-refractivity contribution in [1.82, 2.24) is 0 Å². The van der Waals surface area contributed by atoms with Crippen LogP contribution in [0.4, 0.5) is 0 Å². The molecule has 0 bridgehead atoms. The van der Waals surface area contributed by atoms with Gasteiger partial charge in [0.05, 0.1) is 12.2 Å². The van der Waals surface area contributed by atoms with E-state index in [0.717, 1.165) is 12.0 Å². The Bertz CT molecular complexity index is 394. The molecule has 2 N–H and O–H groups in total. The highest BCUT2D eigenvalue weighted by atomic mass is 16.5. The van der Waals surface area contributed by atoms with Crippen molar-refractivity contribution in [3.63, 3.8) is 0 Å². The fraction of sp³-hybridized carbons (Fsp3) is 0.562. The molecule has 1 aromatic carbocycles. The predicted molar refractivity (Wildman–Crippen MR) is 76.1 cm³/mol. The number of nitrogens with two attached hydrogens (primary N) is 1. The van der Waals surface area contributed by atoms with Crippen molar-refractivity contribution >= 4 is 5.97 Å². The van der Waals surface area contributed by atoms with Crippen LogP contribution in [0.2, 0.25) is 0 Å². The topological polar surface area (TPSA) is 52.3 Å². The van der Waals surface area contributed by atoms with Gasteiger partial charge in [0.15, 0.2) is 0 Å². The zero-order valence-corrected chi connectivity index (χ0v) is 11.4. The smallest absolute Gasteiger partial charge is 0.338 e. The molecule has 1 aliphatic carbocycles. The van der Waals surface area contributed by atoms with Gasteiger partial charge in [-0.2, -0.15) is 0 Å². The van der Waals surface area contributed by atoms with Crippen LogP contribution in [0.25, 0.3) is 0 Å². The molecule has 0 saturated heterocycles. The molecule has 0 atom stereocenters. The highest BCUT2D eigenvalue weighted by molar-refractivity contribution is 5.89. The number of rotatable bonds is 5. The van der Waals surface area contributed by atoms with Gasteiger partial charge >= 0.3 is 5.97 Å². The first-order valence-corrected chi connectivity index (χ1v) is 7.25. The number of esters is 1. The molecule has 1 saturated carbocycles. The SMILES string of the molecule is NCCc1ccc(C(=O)OCC2CCCCC2)cc1. The summed E-state index contributed by atoms with van der Waals surface area (Å²) < 4.78 is 5.40. The summed E-state index contributed by atoms with van der Waals surface area (Å²) in [5.41, 5.74) is 7.29. The summed E-state index contributed by atoms with van der Waals surface area (Å²) >= 11 is 0. The van der Waals surface area contributed by atoms with Crippen LogP contribution in [0.5, 0.6) is 0 Å². The Morgan fingerprint density at radius 1 is 1.16 bits per heavy atom. The third-order valence-electron chi connectivity index (χ3n) is 3.80. The molecular formula is C16H23NO2. The van der Waals surface area contributed by atoms with E-state index in [1.165, 1.54) is 32.1 Å². The molecule has 0 radical (unpaired) electrons. The van der Waals surface area contributed by atoms with Crippen molar-refractivity contribution in [2.45, 2.75) is 38.5 Å². The summed E-state index contributed by atoms with van der Waals surface area (Å²) in [6.45, 7) is 1.20. The first-order chi connectivity index (χ1) is 9.29. The minimum absolute atomic E-state index is 0.204. The molecule has 3 nitrogen and oxygen atoms in total. The van der Waals surface area contributed by atoms with Crippen molar-refractivity contribution in [1.29, 1.82) is 0 Å². The summed E-state index contributed by atoms with van der Waals surface area (Å²) in [4.78, 5) is 11.9. The van der Waals surface area contributed by atoms with Gasteiger partial charge in [-0.3, -0.25) is 0 Å². The summed E-state index contributed by atoms with van der Waals surface area (Å²) in [6.07, 6.45) is 7.11. The van der Waals surface area contributed by atoms with Crippen LogP contribution in [-0.4, -0.2) is 19.1 Å². The average molecular weight is 261 g/mol. The molecule has 0 amide bonds. The van der Waals surface area contributed by atoms with E-state index in [4.69, 9.17) is 10.5 Å². The first-order valence-electron chi connectivity index (χ1n) is 7.25. The van der Waals surface area contributed by atoms with E-state index in [0.29, 0.717) is 24.6 Å². The van der Waals surface area contributed by atoms with E-state index in [1.807, 2.05) is 24.3 Å². The summed E-state index contributed by atoms with van der Waals surface area (Å²) in [6, 6.07) is 7.55. The fourth-order valence-electron chi connectivity index (χ4n) is 2.60. The molecular weight excluding hydrogens is 238 g/mol. The summed E-state index contributed by atoms with van der Waals surface area (Å²) in [5.74, 6) is 0.360. The maximum absolute atomic E-state index is 11.9. The van der Waals surface area contributed by atoms with Crippen molar-refractivity contribution in [3.8, 4) is 0 Å². The van der Waals surface area contributed by atoms with Crippen LogP contribution < -0.4 is 5.73 Å². The molecule has 3 heteroatoms. The molecule has 1 aliphatic rings. The van der Waals surface area contributed by atoms with Crippen molar-refractivity contribution < 1.29 is 9.53 Å². The number of hydrogen-bond donors (Lipinski definition) is 1. The molecule has 0 aromatic heterocycles. The minimum Gasteiger partial charge on any atom is -0.462 e. The summed E-state index contributed by atoms with van der Waals surface area (Å²) in [7, 11) is 0.